The predicted molar refractivity (Wildman–Crippen MR) is 198 cm³/mol. The average Bonchev–Trinajstić information content (AvgIpc) is 3.75. The Bertz CT molecular complexity index is 2430. The zero-order valence-corrected chi connectivity index (χ0v) is 28.1. The van der Waals surface area contributed by atoms with Crippen molar-refractivity contribution in [3.05, 3.63) is 110 Å². The summed E-state index contributed by atoms with van der Waals surface area (Å²) in [5.41, 5.74) is 19.7. The Kier molecular flexibility index (Phi) is 11.3. The number of carboxylic acid groups (broad SMARTS) is 2. The molecule has 0 bridgehead atoms. The molecule has 12 nitrogen and oxygen atoms in total. The van der Waals surface area contributed by atoms with Gasteiger partial charge in [-0.15, -0.1) is 19.3 Å². The second-order valence-corrected chi connectivity index (χ2v) is 11.8. The van der Waals surface area contributed by atoms with Gasteiger partial charge in [0.25, 0.3) is 5.69 Å². The minimum Gasteiger partial charge on any atom is -0.480 e. The summed E-state index contributed by atoms with van der Waals surface area (Å²) in [6.45, 7) is 5.62. The van der Waals surface area contributed by atoms with Gasteiger partial charge in [-0.1, -0.05) is 42.0 Å². The molecule has 0 fully saturated rings. The first-order valence-electron chi connectivity index (χ1n) is 15.6. The molecule has 3 aromatic heterocycles. The molecule has 6 rings (SSSR count). The van der Waals surface area contributed by atoms with E-state index in [4.69, 9.17) is 41.0 Å². The van der Waals surface area contributed by atoms with Crippen LogP contribution in [0.1, 0.15) is 44.9 Å². The topological polar surface area (TPSA) is 217 Å². The first-order chi connectivity index (χ1) is 24.2. The number of aromatic nitrogens is 3. The number of para-hydroxylation sites is 2. The number of non-ortho nitro benzene ring substituents is 1. The smallest absolute Gasteiger partial charge is 0.320 e. The maximum absolute atomic E-state index is 11.2. The third-order valence-electron chi connectivity index (χ3n) is 8.34. The molecule has 3 heterocycles. The molecule has 51 heavy (non-hydrogen) atoms. The number of nitrogens with zero attached hydrogens (tertiary/aromatic N) is 1. The molecule has 0 saturated carbocycles. The summed E-state index contributed by atoms with van der Waals surface area (Å²) in [5, 5.41) is 31.4. The maximum atomic E-state index is 11.2. The molecule has 2 unspecified atom stereocenters. The van der Waals surface area contributed by atoms with Crippen molar-refractivity contribution in [3.63, 3.8) is 0 Å². The Balaban J connectivity index is 0.000000177. The van der Waals surface area contributed by atoms with Crippen LogP contribution < -0.4 is 11.5 Å². The number of nitro groups is 1. The summed E-state index contributed by atoms with van der Waals surface area (Å²) in [6.07, 6.45) is 16.5. The monoisotopic (exact) mass is 684 g/mol. The van der Waals surface area contributed by atoms with Gasteiger partial charge in [-0.05, 0) is 56.2 Å². The highest BCUT2D eigenvalue weighted by molar-refractivity contribution is 5.97. The fraction of sp³-hybridized carbons (Fsp3) is 0.179. The van der Waals surface area contributed by atoms with Crippen LogP contribution in [0.5, 0.6) is 0 Å². The van der Waals surface area contributed by atoms with E-state index in [2.05, 4.69) is 44.8 Å². The Morgan fingerprint density at radius 1 is 0.765 bits per heavy atom. The standard InChI is InChI=1S/C14H13N3O4.C14H14N2O2.C11H9N/c1-3-8-4-5-11(17(20)21)12-9(6-10(15)14(18)19)7(2)16-13(8)12;1-3-9-5-4-6-10-11(7-12(15)14(17)18)8(2)16-13(9)10;1-3-9-5-4-6-10-7-8(2)12-11(9)10/h1,4-5,10,16H,6,15H2,2H3,(H,18,19);1,4-6,12,16H,7,15H2,2H3,(H,17,18);1,4-7,12H,2H3. The molecular formula is C39H36N6O6. The number of fused-ring (bicyclic) bond motifs is 3. The second kappa shape index (κ2) is 15.6. The first kappa shape index (κ1) is 37.0. The number of nitro benzene ring substituents is 1. The van der Waals surface area contributed by atoms with Crippen LogP contribution in [-0.4, -0.2) is 54.1 Å². The van der Waals surface area contributed by atoms with E-state index in [1.165, 1.54) is 17.5 Å². The molecule has 6 aromatic rings. The first-order valence-corrected chi connectivity index (χ1v) is 15.6. The number of hydrogen-bond donors (Lipinski definition) is 7. The number of aryl methyl sites for hydroxylation is 3. The van der Waals surface area contributed by atoms with E-state index in [0.717, 1.165) is 44.5 Å². The Labute approximate surface area is 293 Å². The van der Waals surface area contributed by atoms with Gasteiger partial charge in [0.05, 0.1) is 26.9 Å². The molecule has 0 saturated heterocycles. The quantitative estimate of drug-likeness (QED) is 0.0673. The van der Waals surface area contributed by atoms with Gasteiger partial charge in [0.15, 0.2) is 0 Å². The third kappa shape index (κ3) is 7.93. The van der Waals surface area contributed by atoms with E-state index >= 15 is 0 Å². The summed E-state index contributed by atoms with van der Waals surface area (Å²) in [6, 6.07) is 14.5. The van der Waals surface area contributed by atoms with Crippen LogP contribution in [0.3, 0.4) is 0 Å². The van der Waals surface area contributed by atoms with Gasteiger partial charge >= 0.3 is 11.9 Å². The number of carboxylic acids is 2. The fourth-order valence-corrected chi connectivity index (χ4v) is 5.82. The lowest BCUT2D eigenvalue weighted by atomic mass is 10.0. The summed E-state index contributed by atoms with van der Waals surface area (Å²) in [7, 11) is 0. The molecular weight excluding hydrogens is 648 g/mol. The van der Waals surface area contributed by atoms with Crippen LogP contribution in [0.25, 0.3) is 32.7 Å². The van der Waals surface area contributed by atoms with E-state index in [1.807, 2.05) is 44.2 Å². The summed E-state index contributed by atoms with van der Waals surface area (Å²) >= 11 is 0. The maximum Gasteiger partial charge on any atom is 0.320 e. The van der Waals surface area contributed by atoms with Crippen molar-refractivity contribution >= 4 is 50.3 Å². The molecule has 258 valence electrons. The highest BCUT2D eigenvalue weighted by atomic mass is 16.6. The summed E-state index contributed by atoms with van der Waals surface area (Å²) < 4.78 is 0. The Morgan fingerprint density at radius 3 is 1.84 bits per heavy atom. The third-order valence-corrected chi connectivity index (χ3v) is 8.34. The van der Waals surface area contributed by atoms with Gasteiger partial charge in [-0.2, -0.15) is 0 Å². The van der Waals surface area contributed by atoms with Gasteiger partial charge in [-0.25, -0.2) is 0 Å². The van der Waals surface area contributed by atoms with Crippen molar-refractivity contribution in [3.8, 4) is 37.0 Å². The van der Waals surface area contributed by atoms with Gasteiger partial charge in [0.1, 0.15) is 12.1 Å². The van der Waals surface area contributed by atoms with Gasteiger partial charge in [0.2, 0.25) is 0 Å². The van der Waals surface area contributed by atoms with Crippen molar-refractivity contribution in [1.82, 2.24) is 15.0 Å². The highest BCUT2D eigenvalue weighted by Gasteiger charge is 2.24. The number of benzene rings is 3. The SMILES string of the molecule is C#Cc1ccc([N+](=O)[O-])c2c(CC(N)C(=O)O)c(C)[nH]c12.C#Cc1cccc2c(CC(N)C(=O)O)c(C)[nH]c12.C#Cc1cccc2cc(C)[nH]c12. The molecule has 2 atom stereocenters. The second-order valence-electron chi connectivity index (χ2n) is 11.8. The van der Waals surface area contributed by atoms with Crippen LogP contribution in [0.2, 0.25) is 0 Å². The predicted octanol–water partition coefficient (Wildman–Crippen LogP) is 5.19. The van der Waals surface area contributed by atoms with E-state index in [0.29, 0.717) is 27.7 Å². The minimum absolute atomic E-state index is 0.0178. The van der Waals surface area contributed by atoms with Crippen LogP contribution >= 0.6 is 0 Å². The van der Waals surface area contributed by atoms with Crippen LogP contribution in [0, 0.1) is 67.9 Å². The molecule has 0 radical (unpaired) electrons. The Hall–Kier alpha value is -6.78. The Morgan fingerprint density at radius 2 is 1.27 bits per heavy atom. The zero-order valence-electron chi connectivity index (χ0n) is 28.1. The molecule has 0 aliphatic heterocycles. The van der Waals surface area contributed by atoms with Crippen LogP contribution in [-0.2, 0) is 22.4 Å². The fourth-order valence-electron chi connectivity index (χ4n) is 5.82. The number of terminal acetylenes is 3. The molecule has 0 aliphatic carbocycles. The summed E-state index contributed by atoms with van der Waals surface area (Å²) in [5.74, 6) is 5.54. The number of H-pyrrole nitrogens is 3. The van der Waals surface area contributed by atoms with E-state index < -0.39 is 28.9 Å². The van der Waals surface area contributed by atoms with Crippen LogP contribution in [0.15, 0.2) is 54.6 Å². The lowest BCUT2D eigenvalue weighted by Crippen LogP contribution is -2.32. The van der Waals surface area contributed by atoms with Crippen molar-refractivity contribution < 1.29 is 24.7 Å². The van der Waals surface area contributed by atoms with Crippen molar-refractivity contribution in [2.45, 2.75) is 45.7 Å². The van der Waals surface area contributed by atoms with Crippen molar-refractivity contribution in [2.75, 3.05) is 0 Å². The molecule has 0 spiro atoms. The lowest BCUT2D eigenvalue weighted by Gasteiger charge is -2.07. The number of hydrogen-bond acceptors (Lipinski definition) is 6. The average molecular weight is 685 g/mol. The number of nitrogens with one attached hydrogen (secondary N) is 3. The van der Waals surface area contributed by atoms with Crippen molar-refractivity contribution in [1.29, 1.82) is 0 Å². The van der Waals surface area contributed by atoms with Crippen molar-refractivity contribution in [2.24, 2.45) is 11.5 Å². The molecule has 12 heteroatoms. The van der Waals surface area contributed by atoms with E-state index in [-0.39, 0.29) is 18.5 Å². The number of carbonyl (C=O) groups is 2. The molecule has 9 N–H and O–H groups in total. The largest absolute Gasteiger partial charge is 0.480 e. The van der Waals surface area contributed by atoms with Crippen LogP contribution in [0.4, 0.5) is 5.69 Å². The number of nitrogens with two attached hydrogens (primary N) is 2. The normalized spacial score (nSPS) is 11.6. The summed E-state index contributed by atoms with van der Waals surface area (Å²) in [4.78, 5) is 41.8. The number of aromatic amines is 3. The molecule has 3 aromatic carbocycles. The van der Waals surface area contributed by atoms with E-state index in [9.17, 15) is 19.7 Å². The number of rotatable bonds is 7. The van der Waals surface area contributed by atoms with Gasteiger partial charge in [-0.3, -0.25) is 19.7 Å². The molecule has 0 amide bonds. The minimum atomic E-state index is -1.17. The molecule has 0 aliphatic rings. The van der Waals surface area contributed by atoms with E-state index in [1.54, 1.807) is 6.92 Å². The zero-order chi connectivity index (χ0) is 37.6. The lowest BCUT2D eigenvalue weighted by molar-refractivity contribution is -0.383. The van der Waals surface area contributed by atoms with Gasteiger partial charge < -0.3 is 36.6 Å². The number of aliphatic carboxylic acids is 2. The highest BCUT2D eigenvalue weighted by Crippen LogP contribution is 2.34. The van der Waals surface area contributed by atoms with Gasteiger partial charge in [0, 0.05) is 63.5 Å².